The van der Waals surface area contributed by atoms with Crippen LogP contribution >= 0.6 is 11.6 Å². The Labute approximate surface area is 152 Å². The summed E-state index contributed by atoms with van der Waals surface area (Å²) in [5.41, 5.74) is 1.38. The number of imidazole rings is 1. The number of benzene rings is 1. The minimum absolute atomic E-state index is 0.820. The van der Waals surface area contributed by atoms with E-state index in [9.17, 15) is 0 Å². The van der Waals surface area contributed by atoms with Gasteiger partial charge < -0.3 is 0 Å². The normalized spacial score (nSPS) is 11.1. The molecule has 0 saturated carbocycles. The predicted molar refractivity (Wildman–Crippen MR) is 103 cm³/mol. The second kappa shape index (κ2) is 10.6. The average Bonchev–Trinajstić information content (AvgIpc) is 2.93. The topological polar surface area (TPSA) is 8.81 Å². The van der Waals surface area contributed by atoms with Gasteiger partial charge in [0.25, 0.3) is 5.82 Å². The lowest BCUT2D eigenvalue weighted by atomic mass is 10.1. The number of halogens is 1. The Morgan fingerprint density at radius 2 is 1.71 bits per heavy atom. The van der Waals surface area contributed by atoms with Gasteiger partial charge in [0.2, 0.25) is 0 Å². The lowest BCUT2D eigenvalue weighted by Crippen LogP contribution is -2.35. The third-order valence-corrected chi connectivity index (χ3v) is 5.04. The van der Waals surface area contributed by atoms with Crippen molar-refractivity contribution in [2.75, 3.05) is 0 Å². The molecule has 0 spiro atoms. The Hall–Kier alpha value is -1.28. The van der Waals surface area contributed by atoms with Gasteiger partial charge in [-0.1, -0.05) is 49.9 Å². The smallest absolute Gasteiger partial charge is 0.234 e. The van der Waals surface area contributed by atoms with E-state index >= 15 is 0 Å². The Kier molecular flexibility index (Phi) is 8.38. The molecular formula is C21H32ClN2+. The molecule has 24 heavy (non-hydrogen) atoms. The average molecular weight is 348 g/mol. The van der Waals surface area contributed by atoms with Crippen LogP contribution in [0.4, 0.5) is 0 Å². The van der Waals surface area contributed by atoms with Crippen LogP contribution in [0.3, 0.4) is 0 Å². The van der Waals surface area contributed by atoms with Crippen molar-refractivity contribution >= 4 is 11.6 Å². The van der Waals surface area contributed by atoms with Gasteiger partial charge in [0.05, 0.1) is 13.1 Å². The fourth-order valence-corrected chi connectivity index (χ4v) is 3.29. The summed E-state index contributed by atoms with van der Waals surface area (Å²) in [4.78, 5) is 0. The van der Waals surface area contributed by atoms with Crippen molar-refractivity contribution < 1.29 is 4.57 Å². The van der Waals surface area contributed by atoms with Crippen molar-refractivity contribution in [2.24, 2.45) is 0 Å². The summed E-state index contributed by atoms with van der Waals surface area (Å²) in [7, 11) is 0. The lowest BCUT2D eigenvalue weighted by Gasteiger charge is -2.03. The fourth-order valence-electron chi connectivity index (χ4n) is 3.16. The van der Waals surface area contributed by atoms with E-state index in [1.54, 1.807) is 0 Å². The molecule has 0 amide bonds. The van der Waals surface area contributed by atoms with E-state index in [4.69, 9.17) is 11.6 Å². The summed E-state index contributed by atoms with van der Waals surface area (Å²) < 4.78 is 4.80. The van der Waals surface area contributed by atoms with Crippen molar-refractivity contribution in [1.29, 1.82) is 0 Å². The van der Waals surface area contributed by atoms with Gasteiger partial charge in [-0.25, -0.2) is 9.13 Å². The van der Waals surface area contributed by atoms with Gasteiger partial charge in [0.1, 0.15) is 12.4 Å². The van der Waals surface area contributed by atoms with Gasteiger partial charge in [0, 0.05) is 11.9 Å². The molecule has 1 aromatic heterocycles. The lowest BCUT2D eigenvalue weighted by molar-refractivity contribution is -0.702. The fraction of sp³-hybridized carbons (Fsp3) is 0.571. The summed E-state index contributed by atoms with van der Waals surface area (Å²) in [5.74, 6) is 1.39. The van der Waals surface area contributed by atoms with Gasteiger partial charge in [-0.2, -0.15) is 0 Å². The van der Waals surface area contributed by atoms with Crippen LogP contribution in [0.15, 0.2) is 36.7 Å². The van der Waals surface area contributed by atoms with Gasteiger partial charge in [-0.15, -0.1) is 0 Å². The van der Waals surface area contributed by atoms with E-state index in [1.807, 2.05) is 12.1 Å². The van der Waals surface area contributed by atoms with E-state index in [2.05, 4.69) is 47.5 Å². The molecule has 2 nitrogen and oxygen atoms in total. The molecular weight excluding hydrogens is 316 g/mol. The third kappa shape index (κ3) is 6.32. The zero-order valence-electron chi connectivity index (χ0n) is 15.3. The Bertz CT molecular complexity index is 586. The van der Waals surface area contributed by atoms with E-state index in [0.29, 0.717) is 0 Å². The molecule has 0 radical (unpaired) electrons. The van der Waals surface area contributed by atoms with Crippen LogP contribution in [0.5, 0.6) is 0 Å². The Morgan fingerprint density at radius 3 is 2.46 bits per heavy atom. The molecule has 0 fully saturated rings. The number of aryl methyl sites for hydroxylation is 3. The van der Waals surface area contributed by atoms with Crippen LogP contribution in [0.25, 0.3) is 0 Å². The SMILES string of the molecule is CCCCCCC[n+]1ccn(CCCCc2ccc(Cl)cc2)c1C. The van der Waals surface area contributed by atoms with Crippen molar-refractivity contribution in [3.63, 3.8) is 0 Å². The molecule has 132 valence electrons. The molecule has 0 atom stereocenters. The number of nitrogens with zero attached hydrogens (tertiary/aromatic N) is 2. The van der Waals surface area contributed by atoms with Crippen LogP contribution in [-0.2, 0) is 19.5 Å². The van der Waals surface area contributed by atoms with E-state index < -0.39 is 0 Å². The first-order valence-corrected chi connectivity index (χ1v) is 9.88. The molecule has 2 rings (SSSR count). The molecule has 0 saturated heterocycles. The van der Waals surface area contributed by atoms with E-state index in [-0.39, 0.29) is 0 Å². The first-order valence-electron chi connectivity index (χ1n) is 9.50. The van der Waals surface area contributed by atoms with Gasteiger partial charge in [-0.05, 0) is 49.8 Å². The summed E-state index contributed by atoms with van der Waals surface area (Å²) in [6.07, 6.45) is 14.8. The zero-order chi connectivity index (χ0) is 17.2. The maximum absolute atomic E-state index is 5.93. The second-order valence-corrected chi connectivity index (χ2v) is 7.17. The largest absolute Gasteiger partial charge is 0.253 e. The van der Waals surface area contributed by atoms with Crippen molar-refractivity contribution in [2.45, 2.75) is 78.3 Å². The minimum atomic E-state index is 0.820. The van der Waals surface area contributed by atoms with Gasteiger partial charge in [0.15, 0.2) is 0 Å². The van der Waals surface area contributed by atoms with Crippen LogP contribution < -0.4 is 4.57 Å². The van der Waals surface area contributed by atoms with Crippen molar-refractivity contribution in [3.05, 3.63) is 53.1 Å². The van der Waals surface area contributed by atoms with Gasteiger partial charge in [-0.3, -0.25) is 0 Å². The third-order valence-electron chi connectivity index (χ3n) is 4.79. The number of rotatable bonds is 11. The summed E-state index contributed by atoms with van der Waals surface area (Å²) in [6.45, 7) is 6.78. The standard InChI is InChI=1S/C21H32ClN2/c1-3-4-5-6-8-15-23-17-18-24(19(23)2)16-9-7-10-20-11-13-21(22)14-12-20/h11-14,17-18H,3-10,15-16H2,1-2H3/q+1. The molecule has 0 unspecified atom stereocenters. The maximum Gasteiger partial charge on any atom is 0.253 e. The van der Waals surface area contributed by atoms with Crippen LogP contribution in [0, 0.1) is 6.92 Å². The quantitative estimate of drug-likeness (QED) is 0.362. The monoisotopic (exact) mass is 347 g/mol. The molecule has 0 N–H and O–H groups in total. The molecule has 2 aromatic rings. The van der Waals surface area contributed by atoms with Crippen LogP contribution in [-0.4, -0.2) is 4.57 Å². The van der Waals surface area contributed by atoms with Crippen molar-refractivity contribution in [1.82, 2.24) is 4.57 Å². The summed E-state index contributed by atoms with van der Waals surface area (Å²) in [6, 6.07) is 8.23. The van der Waals surface area contributed by atoms with Crippen LogP contribution in [0.2, 0.25) is 5.02 Å². The summed E-state index contributed by atoms with van der Waals surface area (Å²) >= 11 is 5.93. The number of hydrogen-bond acceptors (Lipinski definition) is 0. The van der Waals surface area contributed by atoms with E-state index in [0.717, 1.165) is 24.5 Å². The molecule has 0 aliphatic carbocycles. The first-order chi connectivity index (χ1) is 11.7. The number of unbranched alkanes of at least 4 members (excludes halogenated alkanes) is 5. The highest BCUT2D eigenvalue weighted by atomic mass is 35.5. The Balaban J connectivity index is 1.68. The molecule has 1 heterocycles. The molecule has 1 aromatic carbocycles. The Morgan fingerprint density at radius 1 is 0.958 bits per heavy atom. The number of aromatic nitrogens is 2. The van der Waals surface area contributed by atoms with Gasteiger partial charge >= 0.3 is 0 Å². The zero-order valence-corrected chi connectivity index (χ0v) is 16.1. The maximum atomic E-state index is 5.93. The van der Waals surface area contributed by atoms with Crippen molar-refractivity contribution in [3.8, 4) is 0 Å². The molecule has 0 aliphatic rings. The number of hydrogen-bond donors (Lipinski definition) is 0. The highest BCUT2D eigenvalue weighted by Gasteiger charge is 2.11. The highest BCUT2D eigenvalue weighted by Crippen LogP contribution is 2.12. The second-order valence-electron chi connectivity index (χ2n) is 6.73. The van der Waals surface area contributed by atoms with Crippen LogP contribution in [0.1, 0.15) is 63.3 Å². The first kappa shape index (κ1) is 19.1. The predicted octanol–water partition coefficient (Wildman–Crippen LogP) is 5.73. The minimum Gasteiger partial charge on any atom is -0.234 e. The highest BCUT2D eigenvalue weighted by molar-refractivity contribution is 6.30. The molecule has 0 bridgehead atoms. The summed E-state index contributed by atoms with van der Waals surface area (Å²) in [5, 5.41) is 0.820. The molecule has 3 heteroatoms. The van der Waals surface area contributed by atoms with E-state index in [1.165, 1.54) is 56.3 Å². The molecule has 0 aliphatic heterocycles.